The average molecular weight is 333 g/mol. The molecular formula is C18H23NO5. The van der Waals surface area contributed by atoms with Gasteiger partial charge in [-0.05, 0) is 38.0 Å². The predicted molar refractivity (Wildman–Crippen MR) is 89.4 cm³/mol. The van der Waals surface area contributed by atoms with E-state index in [2.05, 4.69) is 0 Å². The second-order valence-corrected chi connectivity index (χ2v) is 5.76. The minimum atomic E-state index is -0.686. The molecule has 1 heterocycles. The van der Waals surface area contributed by atoms with Crippen LogP contribution in [0.3, 0.4) is 0 Å². The largest absolute Gasteiger partial charge is 0.479 e. The van der Waals surface area contributed by atoms with E-state index in [1.807, 2.05) is 13.8 Å². The summed E-state index contributed by atoms with van der Waals surface area (Å²) in [5, 5.41) is 0. The quantitative estimate of drug-likeness (QED) is 0.567. The molecular weight excluding hydrogens is 310 g/mol. The second kappa shape index (κ2) is 7.95. The number of Topliss-reactive ketones (excluding diaryl/α,β-unsaturated/α-hetero) is 1. The van der Waals surface area contributed by atoms with Crippen LogP contribution in [0.4, 0.5) is 5.69 Å². The van der Waals surface area contributed by atoms with Gasteiger partial charge in [-0.1, -0.05) is 13.8 Å². The molecule has 1 unspecified atom stereocenters. The Hall–Kier alpha value is -2.37. The molecule has 0 radical (unpaired) electrons. The Morgan fingerprint density at radius 1 is 1.25 bits per heavy atom. The van der Waals surface area contributed by atoms with Gasteiger partial charge < -0.3 is 9.47 Å². The smallest absolute Gasteiger partial charge is 0.326 e. The van der Waals surface area contributed by atoms with Gasteiger partial charge in [0.15, 0.2) is 11.9 Å². The highest BCUT2D eigenvalue weighted by molar-refractivity contribution is 6.05. The molecule has 0 fully saturated rings. The van der Waals surface area contributed by atoms with Gasteiger partial charge >= 0.3 is 5.97 Å². The molecule has 2 rings (SSSR count). The zero-order valence-corrected chi connectivity index (χ0v) is 14.3. The van der Waals surface area contributed by atoms with Crippen molar-refractivity contribution in [2.75, 3.05) is 18.1 Å². The van der Waals surface area contributed by atoms with Crippen LogP contribution >= 0.6 is 0 Å². The Labute approximate surface area is 141 Å². The molecule has 1 aromatic carbocycles. The molecule has 6 nitrogen and oxygen atoms in total. The number of esters is 1. The first-order valence-corrected chi connectivity index (χ1v) is 8.28. The summed E-state index contributed by atoms with van der Waals surface area (Å²) in [5.74, 6) is -0.315. The third-order valence-electron chi connectivity index (χ3n) is 3.72. The normalized spacial score (nSPS) is 16.4. The van der Waals surface area contributed by atoms with Gasteiger partial charge in [-0.25, -0.2) is 0 Å². The van der Waals surface area contributed by atoms with Crippen LogP contribution in [0.5, 0.6) is 5.75 Å². The zero-order valence-electron chi connectivity index (χ0n) is 14.3. The van der Waals surface area contributed by atoms with E-state index in [1.165, 1.54) is 4.90 Å². The van der Waals surface area contributed by atoms with Crippen LogP contribution in [0.2, 0.25) is 0 Å². The van der Waals surface area contributed by atoms with Crippen molar-refractivity contribution in [1.29, 1.82) is 0 Å². The first-order valence-electron chi connectivity index (χ1n) is 8.28. The molecule has 0 bridgehead atoms. The maximum atomic E-state index is 12.4. The lowest BCUT2D eigenvalue weighted by atomic mass is 10.0. The minimum absolute atomic E-state index is 0.000111. The van der Waals surface area contributed by atoms with Crippen molar-refractivity contribution >= 4 is 23.3 Å². The maximum Gasteiger partial charge on any atom is 0.326 e. The van der Waals surface area contributed by atoms with E-state index in [9.17, 15) is 14.4 Å². The average Bonchev–Trinajstić information content (AvgIpc) is 2.57. The maximum absolute atomic E-state index is 12.4. The molecule has 1 atom stereocenters. The predicted octanol–water partition coefficient (Wildman–Crippen LogP) is 2.74. The van der Waals surface area contributed by atoms with E-state index in [0.29, 0.717) is 36.4 Å². The first kappa shape index (κ1) is 18.0. The number of amides is 1. The number of hydrogen-bond donors (Lipinski definition) is 0. The number of fused-ring (bicyclic) bond motifs is 1. The summed E-state index contributed by atoms with van der Waals surface area (Å²) in [6.45, 7) is 5.59. The number of rotatable bonds is 7. The lowest BCUT2D eigenvalue weighted by molar-refractivity contribution is -0.143. The Morgan fingerprint density at radius 2 is 2.00 bits per heavy atom. The molecule has 1 aliphatic heterocycles. The third kappa shape index (κ3) is 3.93. The van der Waals surface area contributed by atoms with E-state index in [4.69, 9.17) is 9.47 Å². The van der Waals surface area contributed by atoms with Gasteiger partial charge in [0.25, 0.3) is 5.91 Å². The van der Waals surface area contributed by atoms with Gasteiger partial charge in [-0.15, -0.1) is 0 Å². The molecule has 1 aromatic rings. The molecule has 130 valence electrons. The van der Waals surface area contributed by atoms with Gasteiger partial charge in [-0.2, -0.15) is 0 Å². The van der Waals surface area contributed by atoms with Gasteiger partial charge in [0.1, 0.15) is 12.3 Å². The highest BCUT2D eigenvalue weighted by Crippen LogP contribution is 2.35. The topological polar surface area (TPSA) is 72.9 Å². The number of ether oxygens (including phenoxy) is 2. The third-order valence-corrected chi connectivity index (χ3v) is 3.72. The van der Waals surface area contributed by atoms with Crippen molar-refractivity contribution in [3.8, 4) is 5.75 Å². The van der Waals surface area contributed by atoms with Crippen molar-refractivity contribution in [3.63, 3.8) is 0 Å². The fraction of sp³-hybridized carbons (Fsp3) is 0.500. The first-order chi connectivity index (χ1) is 11.5. The number of benzene rings is 1. The summed E-state index contributed by atoms with van der Waals surface area (Å²) in [4.78, 5) is 37.8. The number of anilines is 1. The summed E-state index contributed by atoms with van der Waals surface area (Å²) in [7, 11) is 0. The van der Waals surface area contributed by atoms with Crippen molar-refractivity contribution in [2.24, 2.45) is 0 Å². The van der Waals surface area contributed by atoms with Crippen LogP contribution in [-0.2, 0) is 14.3 Å². The second-order valence-electron chi connectivity index (χ2n) is 5.76. The standard InChI is InChI=1S/C18H23NO5/c1-4-6-15(20)13-7-8-16-14(10-13)19(18(22)12(3)24-16)11-17(21)23-9-5-2/h7-8,10,12H,4-6,9,11H2,1-3H3. The fourth-order valence-corrected chi connectivity index (χ4v) is 2.51. The molecule has 0 aromatic heterocycles. The number of nitrogens with zero attached hydrogens (tertiary/aromatic N) is 1. The van der Waals surface area contributed by atoms with Gasteiger partial charge in [0.2, 0.25) is 0 Å². The van der Waals surface area contributed by atoms with E-state index in [-0.39, 0.29) is 18.2 Å². The molecule has 0 N–H and O–H groups in total. The fourth-order valence-electron chi connectivity index (χ4n) is 2.51. The minimum Gasteiger partial charge on any atom is -0.479 e. The van der Waals surface area contributed by atoms with Crippen LogP contribution in [0.1, 0.15) is 50.4 Å². The van der Waals surface area contributed by atoms with Crippen LogP contribution in [0.15, 0.2) is 18.2 Å². The Morgan fingerprint density at radius 3 is 2.67 bits per heavy atom. The Balaban J connectivity index is 2.30. The van der Waals surface area contributed by atoms with Gasteiger partial charge in [-0.3, -0.25) is 19.3 Å². The highest BCUT2D eigenvalue weighted by Gasteiger charge is 2.33. The Kier molecular flexibility index (Phi) is 5.95. The molecule has 1 aliphatic rings. The summed E-state index contributed by atoms with van der Waals surface area (Å²) in [6.07, 6.45) is 1.21. The number of hydrogen-bond acceptors (Lipinski definition) is 5. The van der Waals surface area contributed by atoms with Crippen molar-refractivity contribution < 1.29 is 23.9 Å². The van der Waals surface area contributed by atoms with E-state index >= 15 is 0 Å². The Bertz CT molecular complexity index is 640. The molecule has 0 aliphatic carbocycles. The number of ketones is 1. The summed E-state index contributed by atoms with van der Waals surface area (Å²) in [5.41, 5.74) is 0.946. The van der Waals surface area contributed by atoms with E-state index in [0.717, 1.165) is 6.42 Å². The molecule has 24 heavy (non-hydrogen) atoms. The molecule has 0 spiro atoms. The van der Waals surface area contributed by atoms with Gasteiger partial charge in [0.05, 0.1) is 12.3 Å². The summed E-state index contributed by atoms with van der Waals surface area (Å²) < 4.78 is 10.6. The van der Waals surface area contributed by atoms with Crippen molar-refractivity contribution in [2.45, 2.75) is 46.1 Å². The number of carbonyl (C=O) groups excluding carboxylic acids is 3. The molecule has 6 heteroatoms. The van der Waals surface area contributed by atoms with Crippen LogP contribution in [0, 0.1) is 0 Å². The molecule has 0 saturated heterocycles. The monoisotopic (exact) mass is 333 g/mol. The van der Waals surface area contributed by atoms with E-state index in [1.54, 1.807) is 25.1 Å². The lowest BCUT2D eigenvalue weighted by Crippen LogP contribution is -2.47. The van der Waals surface area contributed by atoms with Gasteiger partial charge in [0, 0.05) is 12.0 Å². The number of carbonyl (C=O) groups is 3. The summed E-state index contributed by atoms with van der Waals surface area (Å²) in [6, 6.07) is 4.97. The molecule has 0 saturated carbocycles. The van der Waals surface area contributed by atoms with Crippen LogP contribution in [-0.4, -0.2) is 36.9 Å². The van der Waals surface area contributed by atoms with Crippen LogP contribution < -0.4 is 9.64 Å². The lowest BCUT2D eigenvalue weighted by Gasteiger charge is -2.32. The van der Waals surface area contributed by atoms with Crippen molar-refractivity contribution in [3.05, 3.63) is 23.8 Å². The van der Waals surface area contributed by atoms with Crippen LogP contribution in [0.25, 0.3) is 0 Å². The highest BCUT2D eigenvalue weighted by atomic mass is 16.5. The molecule has 1 amide bonds. The van der Waals surface area contributed by atoms with E-state index < -0.39 is 12.1 Å². The SMILES string of the molecule is CCCOC(=O)CN1C(=O)C(C)Oc2ccc(C(=O)CCC)cc21. The zero-order chi connectivity index (χ0) is 17.7. The van der Waals surface area contributed by atoms with Crippen molar-refractivity contribution in [1.82, 2.24) is 0 Å². The summed E-state index contributed by atoms with van der Waals surface area (Å²) >= 11 is 0.